The highest BCUT2D eigenvalue weighted by Gasteiger charge is 2.36. The van der Waals surface area contributed by atoms with E-state index in [0.29, 0.717) is 21.3 Å². The molecule has 0 aliphatic heterocycles. The van der Waals surface area contributed by atoms with Crippen LogP contribution < -0.4 is 10.9 Å². The molecule has 0 bridgehead atoms. The van der Waals surface area contributed by atoms with Crippen LogP contribution in [0.25, 0.3) is 0 Å². The number of benzene rings is 4. The number of nitrogens with zero attached hydrogens (tertiary/aromatic N) is 1. The lowest BCUT2D eigenvalue weighted by molar-refractivity contribution is 0.520. The molecule has 0 aliphatic carbocycles. The zero-order valence-electron chi connectivity index (χ0n) is 16.5. The number of hydrogen-bond acceptors (Lipinski definition) is 3. The summed E-state index contributed by atoms with van der Waals surface area (Å²) in [5.41, 5.74) is 10.1. The first-order valence-corrected chi connectivity index (χ1v) is 10.5. The predicted octanol–water partition coefficient (Wildman–Crippen LogP) is 6.77. The summed E-state index contributed by atoms with van der Waals surface area (Å²) >= 11 is 12.9. The van der Waals surface area contributed by atoms with Crippen LogP contribution >= 0.6 is 23.2 Å². The minimum Gasteiger partial charge on any atom is -0.317 e. The summed E-state index contributed by atoms with van der Waals surface area (Å²) in [5.74, 6) is 0. The highest BCUT2D eigenvalue weighted by atomic mass is 35.5. The molecule has 0 saturated heterocycles. The second-order valence-corrected chi connectivity index (χ2v) is 7.84. The van der Waals surface area contributed by atoms with Crippen molar-refractivity contribution in [3.8, 4) is 6.07 Å². The molecule has 0 fully saturated rings. The maximum Gasteiger partial charge on any atom is 0.112 e. The predicted molar refractivity (Wildman–Crippen MR) is 127 cm³/mol. The number of hydrazine groups is 1. The zero-order chi connectivity index (χ0) is 21.7. The average molecular weight is 444 g/mol. The quantitative estimate of drug-likeness (QED) is 0.255. The molecule has 4 rings (SSSR count). The maximum absolute atomic E-state index is 9.18. The van der Waals surface area contributed by atoms with Crippen molar-refractivity contribution >= 4 is 28.9 Å². The Morgan fingerprint density at radius 3 is 1.39 bits per heavy atom. The number of rotatable bonds is 6. The Hall–Kier alpha value is -3.29. The molecule has 4 aromatic rings. The van der Waals surface area contributed by atoms with Crippen LogP contribution in [0.15, 0.2) is 103 Å². The van der Waals surface area contributed by atoms with E-state index < -0.39 is 5.54 Å². The minimum absolute atomic E-state index is 0.361. The molecule has 0 unspecified atom stereocenters. The van der Waals surface area contributed by atoms with E-state index in [1.807, 2.05) is 54.6 Å². The van der Waals surface area contributed by atoms with Gasteiger partial charge >= 0.3 is 0 Å². The van der Waals surface area contributed by atoms with Crippen LogP contribution in [0.4, 0.5) is 5.69 Å². The van der Waals surface area contributed by atoms with Crippen LogP contribution in [0.3, 0.4) is 0 Å². The summed E-state index contributed by atoms with van der Waals surface area (Å²) in [6, 6.07) is 35.8. The standard InChI is InChI=1S/C26H19Cl2N3/c27-23-16-19(18-29)17-24(28)25(23)30-31-26(20-10-4-1-5-11-20,21-12-6-2-7-13-21)22-14-8-3-9-15-22/h1-17,30-31H. The smallest absolute Gasteiger partial charge is 0.112 e. The Bertz CT molecular complexity index is 1080. The van der Waals surface area contributed by atoms with Gasteiger partial charge in [-0.1, -0.05) is 114 Å². The first-order chi connectivity index (χ1) is 15.1. The fourth-order valence-corrected chi connectivity index (χ4v) is 4.28. The van der Waals surface area contributed by atoms with Crippen molar-refractivity contribution in [1.29, 1.82) is 5.26 Å². The van der Waals surface area contributed by atoms with Gasteiger partial charge in [0.2, 0.25) is 0 Å². The van der Waals surface area contributed by atoms with Crippen LogP contribution in [-0.2, 0) is 5.54 Å². The Balaban J connectivity index is 1.88. The second-order valence-electron chi connectivity index (χ2n) is 7.02. The fraction of sp³-hybridized carbons (Fsp3) is 0.0385. The first kappa shape index (κ1) is 21.0. The van der Waals surface area contributed by atoms with Crippen LogP contribution in [0.2, 0.25) is 10.0 Å². The zero-order valence-corrected chi connectivity index (χ0v) is 18.0. The van der Waals surface area contributed by atoms with E-state index in [0.717, 1.165) is 16.7 Å². The molecular formula is C26H19Cl2N3. The van der Waals surface area contributed by atoms with Crippen molar-refractivity contribution in [3.05, 3.63) is 135 Å². The van der Waals surface area contributed by atoms with Crippen LogP contribution in [-0.4, -0.2) is 0 Å². The molecule has 4 aromatic carbocycles. The van der Waals surface area contributed by atoms with Gasteiger partial charge in [0.15, 0.2) is 0 Å². The summed E-state index contributed by atoms with van der Waals surface area (Å²) in [6.07, 6.45) is 0. The summed E-state index contributed by atoms with van der Waals surface area (Å²) in [7, 11) is 0. The summed E-state index contributed by atoms with van der Waals surface area (Å²) in [5, 5.41) is 9.90. The number of halogens is 2. The third kappa shape index (κ3) is 4.15. The number of nitrogens with one attached hydrogen (secondary N) is 2. The van der Waals surface area contributed by atoms with Gasteiger partial charge in [0.25, 0.3) is 0 Å². The Morgan fingerprint density at radius 2 is 1.03 bits per heavy atom. The van der Waals surface area contributed by atoms with Crippen LogP contribution in [0, 0.1) is 11.3 Å². The Labute approximate surface area is 191 Å². The molecule has 0 spiro atoms. The third-order valence-corrected chi connectivity index (χ3v) is 5.76. The number of anilines is 1. The van der Waals surface area contributed by atoms with Gasteiger partial charge in [0.05, 0.1) is 27.4 Å². The number of nitriles is 1. The van der Waals surface area contributed by atoms with Gasteiger partial charge in [0, 0.05) is 0 Å². The lowest BCUT2D eigenvalue weighted by Gasteiger charge is -2.37. The average Bonchev–Trinajstić information content (AvgIpc) is 2.82. The molecule has 0 saturated carbocycles. The topological polar surface area (TPSA) is 47.9 Å². The normalized spacial score (nSPS) is 11.0. The van der Waals surface area contributed by atoms with Crippen molar-refractivity contribution in [2.75, 3.05) is 5.43 Å². The van der Waals surface area contributed by atoms with Gasteiger partial charge in [-0.3, -0.25) is 0 Å². The van der Waals surface area contributed by atoms with Crippen molar-refractivity contribution < 1.29 is 0 Å². The van der Waals surface area contributed by atoms with E-state index >= 15 is 0 Å². The van der Waals surface area contributed by atoms with Gasteiger partial charge in [-0.05, 0) is 28.8 Å². The monoisotopic (exact) mass is 443 g/mol. The molecule has 31 heavy (non-hydrogen) atoms. The number of hydrogen-bond donors (Lipinski definition) is 2. The molecule has 0 aliphatic rings. The van der Waals surface area contributed by atoms with Gasteiger partial charge in [0.1, 0.15) is 5.54 Å². The van der Waals surface area contributed by atoms with Gasteiger partial charge in [-0.25, -0.2) is 5.43 Å². The van der Waals surface area contributed by atoms with Gasteiger partial charge in [-0.15, -0.1) is 0 Å². The van der Waals surface area contributed by atoms with E-state index in [9.17, 15) is 5.26 Å². The minimum atomic E-state index is -0.732. The second kappa shape index (κ2) is 9.24. The van der Waals surface area contributed by atoms with Crippen LogP contribution in [0.5, 0.6) is 0 Å². The van der Waals surface area contributed by atoms with Crippen molar-refractivity contribution in [3.63, 3.8) is 0 Å². The molecule has 0 atom stereocenters. The Morgan fingerprint density at radius 1 is 0.645 bits per heavy atom. The Kier molecular flexibility index (Phi) is 6.25. The van der Waals surface area contributed by atoms with Gasteiger partial charge in [-0.2, -0.15) is 5.26 Å². The largest absolute Gasteiger partial charge is 0.317 e. The summed E-state index contributed by atoms with van der Waals surface area (Å²) in [4.78, 5) is 0. The van der Waals surface area contributed by atoms with Gasteiger partial charge < -0.3 is 5.43 Å². The summed E-state index contributed by atoms with van der Waals surface area (Å²) in [6.45, 7) is 0. The fourth-order valence-electron chi connectivity index (χ4n) is 3.69. The third-order valence-electron chi connectivity index (χ3n) is 5.17. The maximum atomic E-state index is 9.18. The van der Waals surface area contributed by atoms with Crippen molar-refractivity contribution in [2.45, 2.75) is 5.54 Å². The lowest BCUT2D eigenvalue weighted by atomic mass is 9.77. The molecule has 2 N–H and O–H groups in total. The SMILES string of the molecule is N#Cc1cc(Cl)c(NNC(c2ccccc2)(c2ccccc2)c2ccccc2)c(Cl)c1. The molecular weight excluding hydrogens is 425 g/mol. The summed E-state index contributed by atoms with van der Waals surface area (Å²) < 4.78 is 0. The molecule has 0 amide bonds. The molecule has 0 aromatic heterocycles. The molecule has 152 valence electrons. The molecule has 5 heteroatoms. The molecule has 3 nitrogen and oxygen atoms in total. The van der Waals surface area contributed by atoms with E-state index in [1.165, 1.54) is 0 Å². The van der Waals surface area contributed by atoms with Crippen molar-refractivity contribution in [1.82, 2.24) is 5.43 Å². The molecule has 0 radical (unpaired) electrons. The van der Waals surface area contributed by atoms with Crippen molar-refractivity contribution in [2.24, 2.45) is 0 Å². The van der Waals surface area contributed by atoms with Crippen LogP contribution in [0.1, 0.15) is 22.3 Å². The highest BCUT2D eigenvalue weighted by Crippen LogP contribution is 2.38. The van der Waals surface area contributed by atoms with E-state index in [2.05, 4.69) is 53.3 Å². The lowest BCUT2D eigenvalue weighted by Crippen LogP contribution is -2.47. The van der Waals surface area contributed by atoms with E-state index in [-0.39, 0.29) is 0 Å². The van der Waals surface area contributed by atoms with E-state index in [4.69, 9.17) is 23.2 Å². The van der Waals surface area contributed by atoms with E-state index in [1.54, 1.807) is 12.1 Å². The highest BCUT2D eigenvalue weighted by molar-refractivity contribution is 6.39. The molecule has 0 heterocycles. The first-order valence-electron chi connectivity index (χ1n) is 9.74.